The number of aromatic nitrogens is 2. The zero-order valence-corrected chi connectivity index (χ0v) is 8.38. The van der Waals surface area contributed by atoms with Crippen LogP contribution in [0, 0.1) is 0 Å². The summed E-state index contributed by atoms with van der Waals surface area (Å²) in [5, 5.41) is 0.384. The smallest absolute Gasteiger partial charge is 0.237 e. The molecule has 0 radical (unpaired) electrons. The van der Waals surface area contributed by atoms with Crippen molar-refractivity contribution in [2.24, 2.45) is 0 Å². The lowest BCUT2D eigenvalue weighted by Gasteiger charge is -2.12. The predicted molar refractivity (Wildman–Crippen MR) is 51.8 cm³/mol. The molecular formula is C8H12ClN3O. The molecule has 1 atom stereocenters. The van der Waals surface area contributed by atoms with Crippen LogP contribution in [0.15, 0.2) is 6.20 Å². The van der Waals surface area contributed by atoms with Gasteiger partial charge in [-0.3, -0.25) is 0 Å². The van der Waals surface area contributed by atoms with Gasteiger partial charge in [0.1, 0.15) is 5.02 Å². The van der Waals surface area contributed by atoms with Gasteiger partial charge in [-0.25, -0.2) is 4.98 Å². The third kappa shape index (κ3) is 2.73. The molecule has 13 heavy (non-hydrogen) atoms. The van der Waals surface area contributed by atoms with Crippen LogP contribution in [0.2, 0.25) is 5.02 Å². The molecule has 1 heterocycles. The van der Waals surface area contributed by atoms with Gasteiger partial charge in [-0.1, -0.05) is 18.5 Å². The Morgan fingerprint density at radius 2 is 2.38 bits per heavy atom. The molecule has 1 aromatic rings. The summed E-state index contributed by atoms with van der Waals surface area (Å²) in [6, 6.07) is 0. The van der Waals surface area contributed by atoms with Crippen molar-refractivity contribution < 1.29 is 4.74 Å². The van der Waals surface area contributed by atoms with Gasteiger partial charge in [0.2, 0.25) is 11.8 Å². The topological polar surface area (TPSA) is 61.0 Å². The summed E-state index contributed by atoms with van der Waals surface area (Å²) in [5.41, 5.74) is 5.38. The summed E-state index contributed by atoms with van der Waals surface area (Å²) in [6.45, 7) is 3.96. The highest BCUT2D eigenvalue weighted by Crippen LogP contribution is 2.22. The minimum Gasteiger partial charge on any atom is -0.473 e. The SMILES string of the molecule is CCC(C)Oc1nc(N)ncc1Cl. The normalized spacial score (nSPS) is 12.5. The van der Waals surface area contributed by atoms with Crippen molar-refractivity contribution >= 4 is 17.5 Å². The van der Waals surface area contributed by atoms with Crippen molar-refractivity contribution in [2.75, 3.05) is 5.73 Å². The van der Waals surface area contributed by atoms with E-state index in [0.717, 1.165) is 6.42 Å². The van der Waals surface area contributed by atoms with Crippen LogP contribution in [-0.4, -0.2) is 16.1 Å². The van der Waals surface area contributed by atoms with E-state index in [4.69, 9.17) is 22.1 Å². The number of ether oxygens (including phenoxy) is 1. The first-order valence-electron chi connectivity index (χ1n) is 4.08. The van der Waals surface area contributed by atoms with Gasteiger partial charge in [0.05, 0.1) is 12.3 Å². The van der Waals surface area contributed by atoms with Gasteiger partial charge in [0.15, 0.2) is 0 Å². The number of hydrogen-bond acceptors (Lipinski definition) is 4. The number of anilines is 1. The minimum atomic E-state index is 0.0757. The fourth-order valence-electron chi connectivity index (χ4n) is 0.721. The Labute approximate surface area is 82.1 Å². The number of nitrogens with zero attached hydrogens (tertiary/aromatic N) is 2. The first-order valence-corrected chi connectivity index (χ1v) is 4.46. The Kier molecular flexibility index (Phi) is 3.31. The molecule has 0 saturated heterocycles. The van der Waals surface area contributed by atoms with Crippen LogP contribution in [0.3, 0.4) is 0 Å². The fraction of sp³-hybridized carbons (Fsp3) is 0.500. The summed E-state index contributed by atoms with van der Waals surface area (Å²) in [7, 11) is 0. The van der Waals surface area contributed by atoms with Gasteiger partial charge in [-0.05, 0) is 13.3 Å². The Bertz CT molecular complexity index is 293. The predicted octanol–water partition coefficient (Wildman–Crippen LogP) is 1.89. The van der Waals surface area contributed by atoms with E-state index in [1.165, 1.54) is 6.20 Å². The quantitative estimate of drug-likeness (QED) is 0.812. The van der Waals surface area contributed by atoms with Crippen molar-refractivity contribution in [3.63, 3.8) is 0 Å². The minimum absolute atomic E-state index is 0.0757. The molecule has 0 fully saturated rings. The molecule has 72 valence electrons. The van der Waals surface area contributed by atoms with Crippen molar-refractivity contribution in [3.05, 3.63) is 11.2 Å². The van der Waals surface area contributed by atoms with Crippen molar-refractivity contribution in [2.45, 2.75) is 26.4 Å². The lowest BCUT2D eigenvalue weighted by molar-refractivity contribution is 0.209. The van der Waals surface area contributed by atoms with Crippen molar-refractivity contribution in [1.29, 1.82) is 0 Å². The molecule has 1 unspecified atom stereocenters. The number of halogens is 1. The van der Waals surface area contributed by atoms with Crippen LogP contribution in [0.25, 0.3) is 0 Å². The Morgan fingerprint density at radius 3 is 3.00 bits per heavy atom. The van der Waals surface area contributed by atoms with Crippen molar-refractivity contribution in [1.82, 2.24) is 9.97 Å². The molecule has 0 aliphatic carbocycles. The zero-order chi connectivity index (χ0) is 9.84. The van der Waals surface area contributed by atoms with Crippen LogP contribution in [0.5, 0.6) is 5.88 Å². The van der Waals surface area contributed by atoms with E-state index in [0.29, 0.717) is 10.9 Å². The molecule has 0 aliphatic heterocycles. The molecule has 1 aromatic heterocycles. The molecule has 0 aliphatic rings. The highest BCUT2D eigenvalue weighted by molar-refractivity contribution is 6.31. The molecule has 1 rings (SSSR count). The number of nitrogens with two attached hydrogens (primary N) is 1. The average molecular weight is 202 g/mol. The van der Waals surface area contributed by atoms with Gasteiger partial charge >= 0.3 is 0 Å². The Balaban J connectivity index is 2.81. The first kappa shape index (κ1) is 10.1. The summed E-state index contributed by atoms with van der Waals surface area (Å²) < 4.78 is 5.41. The van der Waals surface area contributed by atoms with Crippen molar-refractivity contribution in [3.8, 4) is 5.88 Å². The molecule has 0 aromatic carbocycles. The van der Waals surface area contributed by atoms with E-state index in [1.54, 1.807) is 0 Å². The van der Waals surface area contributed by atoms with Gasteiger partial charge in [0.25, 0.3) is 0 Å². The second kappa shape index (κ2) is 4.28. The van der Waals surface area contributed by atoms with Gasteiger partial charge in [0, 0.05) is 0 Å². The molecule has 0 saturated carbocycles. The summed E-state index contributed by atoms with van der Waals surface area (Å²) in [5.74, 6) is 0.520. The molecule has 5 heteroatoms. The fourth-order valence-corrected chi connectivity index (χ4v) is 0.856. The molecular weight excluding hydrogens is 190 g/mol. The van der Waals surface area contributed by atoms with Gasteiger partial charge in [-0.15, -0.1) is 0 Å². The van der Waals surface area contributed by atoms with E-state index < -0.39 is 0 Å². The van der Waals surface area contributed by atoms with E-state index >= 15 is 0 Å². The Hall–Kier alpha value is -1.03. The molecule has 0 amide bonds. The third-order valence-electron chi connectivity index (χ3n) is 1.62. The molecule has 0 spiro atoms. The van der Waals surface area contributed by atoms with Crippen LogP contribution in [-0.2, 0) is 0 Å². The molecule has 2 N–H and O–H groups in total. The van der Waals surface area contributed by atoms with Crippen LogP contribution in [0.1, 0.15) is 20.3 Å². The lowest BCUT2D eigenvalue weighted by Crippen LogP contribution is -2.12. The van der Waals surface area contributed by atoms with Gasteiger partial charge < -0.3 is 10.5 Å². The number of nitrogen functional groups attached to an aromatic ring is 1. The molecule has 0 bridgehead atoms. The highest BCUT2D eigenvalue weighted by atomic mass is 35.5. The largest absolute Gasteiger partial charge is 0.473 e. The maximum atomic E-state index is 5.79. The van der Waals surface area contributed by atoms with Crippen LogP contribution >= 0.6 is 11.6 Å². The maximum absolute atomic E-state index is 5.79. The monoisotopic (exact) mass is 201 g/mol. The highest BCUT2D eigenvalue weighted by Gasteiger charge is 2.07. The van der Waals surface area contributed by atoms with E-state index in [1.807, 2.05) is 13.8 Å². The summed E-state index contributed by atoms with van der Waals surface area (Å²) in [6.07, 6.45) is 2.40. The van der Waals surface area contributed by atoms with Crippen LogP contribution in [0.4, 0.5) is 5.95 Å². The van der Waals surface area contributed by atoms with Gasteiger partial charge in [-0.2, -0.15) is 4.98 Å². The van der Waals surface area contributed by atoms with Crippen LogP contribution < -0.4 is 10.5 Å². The second-order valence-electron chi connectivity index (χ2n) is 2.72. The molecule has 4 nitrogen and oxygen atoms in total. The maximum Gasteiger partial charge on any atom is 0.237 e. The van der Waals surface area contributed by atoms with E-state index in [2.05, 4.69) is 9.97 Å². The zero-order valence-electron chi connectivity index (χ0n) is 7.62. The second-order valence-corrected chi connectivity index (χ2v) is 3.13. The number of hydrogen-bond donors (Lipinski definition) is 1. The van der Waals surface area contributed by atoms with E-state index in [9.17, 15) is 0 Å². The van der Waals surface area contributed by atoms with E-state index in [-0.39, 0.29) is 12.1 Å². The number of rotatable bonds is 3. The standard InChI is InChI=1S/C8H12ClN3O/c1-3-5(2)13-7-6(9)4-11-8(10)12-7/h4-5H,3H2,1-2H3,(H2,10,11,12). The Morgan fingerprint density at radius 1 is 1.69 bits per heavy atom. The summed E-state index contributed by atoms with van der Waals surface area (Å²) >= 11 is 5.79. The lowest BCUT2D eigenvalue weighted by atomic mass is 10.3. The summed E-state index contributed by atoms with van der Waals surface area (Å²) in [4.78, 5) is 7.60. The third-order valence-corrected chi connectivity index (χ3v) is 1.88. The first-order chi connectivity index (χ1) is 6.13. The average Bonchev–Trinajstić information content (AvgIpc) is 2.11.